The minimum Gasteiger partial charge on any atom is -0.481 e. The number of carboxylic acid groups (broad SMARTS) is 1. The number of carbonyl (C=O) groups is 1. The van der Waals surface area contributed by atoms with Crippen molar-refractivity contribution in [1.82, 2.24) is 4.98 Å². The number of H-pyrrole nitrogens is 1. The molecule has 4 nitrogen and oxygen atoms in total. The Hall–Kier alpha value is -2.10. The maximum atomic E-state index is 12.1. The zero-order chi connectivity index (χ0) is 12.8. The first-order chi connectivity index (χ1) is 8.63. The third-order valence-corrected chi connectivity index (χ3v) is 3.89. The van der Waals surface area contributed by atoms with Gasteiger partial charge in [-0.3, -0.25) is 9.59 Å². The molecule has 0 radical (unpaired) electrons. The van der Waals surface area contributed by atoms with Crippen LogP contribution in [-0.4, -0.2) is 16.1 Å². The van der Waals surface area contributed by atoms with E-state index in [-0.39, 0.29) is 5.56 Å². The first-order valence-corrected chi connectivity index (χ1v) is 5.99. The molecule has 1 aromatic heterocycles. The highest BCUT2D eigenvalue weighted by atomic mass is 16.4. The van der Waals surface area contributed by atoms with Gasteiger partial charge in [0.25, 0.3) is 5.56 Å². The van der Waals surface area contributed by atoms with Crippen LogP contribution in [0.2, 0.25) is 0 Å². The first-order valence-electron chi connectivity index (χ1n) is 5.99. The molecule has 0 atom stereocenters. The molecule has 1 aliphatic rings. The van der Waals surface area contributed by atoms with Gasteiger partial charge in [0.15, 0.2) is 0 Å². The quantitative estimate of drug-likeness (QED) is 0.847. The van der Waals surface area contributed by atoms with E-state index < -0.39 is 11.4 Å². The fourth-order valence-electron chi connectivity index (χ4n) is 2.63. The molecule has 1 saturated carbocycles. The maximum Gasteiger partial charge on any atom is 0.314 e. The summed E-state index contributed by atoms with van der Waals surface area (Å²) in [6.45, 7) is 0. The first kappa shape index (κ1) is 11.0. The molecule has 0 spiro atoms. The lowest BCUT2D eigenvalue weighted by atomic mass is 9.64. The summed E-state index contributed by atoms with van der Waals surface area (Å²) in [7, 11) is 0. The van der Waals surface area contributed by atoms with E-state index in [1.54, 1.807) is 6.07 Å². The van der Waals surface area contributed by atoms with Gasteiger partial charge in [-0.2, -0.15) is 0 Å². The third kappa shape index (κ3) is 1.38. The number of nitrogens with one attached hydrogen (secondary N) is 1. The van der Waals surface area contributed by atoms with Crippen LogP contribution < -0.4 is 5.56 Å². The Balaban J connectivity index is 2.26. The minimum atomic E-state index is -0.975. The Kier molecular flexibility index (Phi) is 2.26. The van der Waals surface area contributed by atoms with Gasteiger partial charge in [0, 0.05) is 11.1 Å². The van der Waals surface area contributed by atoms with Crippen LogP contribution in [0, 0.1) is 0 Å². The number of aliphatic carboxylic acids is 1. The van der Waals surface area contributed by atoms with Crippen LogP contribution in [0.5, 0.6) is 0 Å². The summed E-state index contributed by atoms with van der Waals surface area (Å²) >= 11 is 0. The number of benzene rings is 1. The molecule has 0 aliphatic heterocycles. The predicted molar refractivity (Wildman–Crippen MR) is 67.7 cm³/mol. The molecule has 0 unspecified atom stereocenters. The van der Waals surface area contributed by atoms with Crippen molar-refractivity contribution in [2.75, 3.05) is 0 Å². The summed E-state index contributed by atoms with van der Waals surface area (Å²) in [5.74, 6) is -0.894. The summed E-state index contributed by atoms with van der Waals surface area (Å²) in [5.41, 5.74) is -0.126. The van der Waals surface area contributed by atoms with Crippen molar-refractivity contribution in [2.24, 2.45) is 0 Å². The molecule has 3 rings (SSSR count). The van der Waals surface area contributed by atoms with E-state index in [2.05, 4.69) is 4.98 Å². The van der Waals surface area contributed by atoms with E-state index >= 15 is 0 Å². The molecule has 1 heterocycles. The fourth-order valence-corrected chi connectivity index (χ4v) is 2.63. The lowest BCUT2D eigenvalue weighted by Crippen LogP contribution is -2.46. The number of fused-ring (bicyclic) bond motifs is 1. The van der Waals surface area contributed by atoms with Crippen LogP contribution in [0.3, 0.4) is 0 Å². The van der Waals surface area contributed by atoms with Crippen LogP contribution in [0.4, 0.5) is 0 Å². The topological polar surface area (TPSA) is 70.2 Å². The third-order valence-electron chi connectivity index (χ3n) is 3.89. The Bertz CT molecular complexity index is 683. The second-order valence-corrected chi connectivity index (χ2v) is 4.84. The summed E-state index contributed by atoms with van der Waals surface area (Å²) in [6.07, 6.45) is 1.95. The Morgan fingerprint density at radius 3 is 2.61 bits per heavy atom. The molecule has 2 N–H and O–H groups in total. The normalized spacial score (nSPS) is 17.3. The highest BCUT2D eigenvalue weighted by molar-refractivity contribution is 5.85. The minimum absolute atomic E-state index is 0.282. The monoisotopic (exact) mass is 243 g/mol. The zero-order valence-corrected chi connectivity index (χ0v) is 9.77. The molecule has 18 heavy (non-hydrogen) atoms. The van der Waals surface area contributed by atoms with Crippen molar-refractivity contribution in [3.63, 3.8) is 0 Å². The van der Waals surface area contributed by atoms with Crippen LogP contribution in [0.25, 0.3) is 10.9 Å². The molecule has 0 bridgehead atoms. The van der Waals surface area contributed by atoms with Gasteiger partial charge in [-0.15, -0.1) is 0 Å². The summed E-state index contributed by atoms with van der Waals surface area (Å²) in [5, 5.41) is 10.3. The molecular weight excluding hydrogens is 230 g/mol. The number of pyridine rings is 1. The van der Waals surface area contributed by atoms with Gasteiger partial charge in [-0.1, -0.05) is 24.6 Å². The van der Waals surface area contributed by atoms with Crippen LogP contribution in [0.15, 0.2) is 35.1 Å². The Morgan fingerprint density at radius 2 is 2.00 bits per heavy atom. The summed E-state index contributed by atoms with van der Waals surface area (Å²) < 4.78 is 0. The van der Waals surface area contributed by atoms with E-state index in [0.29, 0.717) is 18.4 Å². The zero-order valence-electron chi connectivity index (χ0n) is 9.77. The molecule has 0 saturated heterocycles. The van der Waals surface area contributed by atoms with Crippen molar-refractivity contribution in [3.05, 3.63) is 46.2 Å². The predicted octanol–water partition coefficient (Wildman–Crippen LogP) is 2.03. The number of aromatic amines is 1. The molecular formula is C14H13NO3. The van der Waals surface area contributed by atoms with E-state index in [1.807, 2.05) is 24.3 Å². The number of hydrogen-bond donors (Lipinski definition) is 2. The smallest absolute Gasteiger partial charge is 0.314 e. The lowest BCUT2D eigenvalue weighted by molar-refractivity contribution is -0.147. The molecule has 4 heteroatoms. The number of rotatable bonds is 2. The van der Waals surface area contributed by atoms with E-state index in [9.17, 15) is 14.7 Å². The molecule has 1 fully saturated rings. The van der Waals surface area contributed by atoms with Gasteiger partial charge >= 0.3 is 5.97 Å². The second kappa shape index (κ2) is 3.70. The largest absolute Gasteiger partial charge is 0.481 e. The second-order valence-electron chi connectivity index (χ2n) is 4.84. The molecule has 2 aromatic rings. The average molecular weight is 243 g/mol. The Labute approximate surface area is 103 Å². The molecule has 1 aromatic carbocycles. The van der Waals surface area contributed by atoms with E-state index in [0.717, 1.165) is 17.3 Å². The van der Waals surface area contributed by atoms with Gasteiger partial charge in [-0.05, 0) is 30.4 Å². The maximum absolute atomic E-state index is 12.1. The van der Waals surface area contributed by atoms with Crippen molar-refractivity contribution in [1.29, 1.82) is 0 Å². The van der Waals surface area contributed by atoms with Crippen LogP contribution >= 0.6 is 0 Å². The van der Waals surface area contributed by atoms with Crippen molar-refractivity contribution in [3.8, 4) is 0 Å². The number of aromatic nitrogens is 1. The van der Waals surface area contributed by atoms with Crippen molar-refractivity contribution >= 4 is 16.9 Å². The number of para-hydroxylation sites is 1. The van der Waals surface area contributed by atoms with Gasteiger partial charge in [0.2, 0.25) is 0 Å². The van der Waals surface area contributed by atoms with E-state index in [1.165, 1.54) is 0 Å². The highest BCUT2D eigenvalue weighted by Gasteiger charge is 2.47. The van der Waals surface area contributed by atoms with Crippen LogP contribution in [0.1, 0.15) is 24.8 Å². The Morgan fingerprint density at radius 1 is 1.28 bits per heavy atom. The van der Waals surface area contributed by atoms with Crippen LogP contribution in [-0.2, 0) is 10.2 Å². The van der Waals surface area contributed by atoms with E-state index in [4.69, 9.17) is 0 Å². The van der Waals surface area contributed by atoms with Crippen molar-refractivity contribution < 1.29 is 9.90 Å². The summed E-state index contributed by atoms with van der Waals surface area (Å²) in [4.78, 5) is 26.3. The fraction of sp³-hybridized carbons (Fsp3) is 0.286. The standard InChI is InChI=1S/C14H13NO3/c16-12-10(14(13(17)18)6-3-7-14)8-9-4-1-2-5-11(9)15-12/h1-2,4-5,8H,3,6-7H2,(H,15,16)(H,17,18). The number of carboxylic acids is 1. The summed E-state index contributed by atoms with van der Waals surface area (Å²) in [6, 6.07) is 9.13. The average Bonchev–Trinajstić information content (AvgIpc) is 2.27. The lowest BCUT2D eigenvalue weighted by Gasteiger charge is -2.37. The highest BCUT2D eigenvalue weighted by Crippen LogP contribution is 2.42. The van der Waals surface area contributed by atoms with Gasteiger partial charge in [-0.25, -0.2) is 0 Å². The molecule has 92 valence electrons. The van der Waals surface area contributed by atoms with Gasteiger partial charge in [0.05, 0.1) is 5.41 Å². The number of hydrogen-bond acceptors (Lipinski definition) is 2. The molecule has 1 aliphatic carbocycles. The molecule has 0 amide bonds. The van der Waals surface area contributed by atoms with Gasteiger partial charge < -0.3 is 10.1 Å². The van der Waals surface area contributed by atoms with Gasteiger partial charge in [0.1, 0.15) is 0 Å². The SMILES string of the molecule is O=C(O)C1(c2cc3ccccc3[nH]c2=O)CCC1. The van der Waals surface area contributed by atoms with Crippen molar-refractivity contribution in [2.45, 2.75) is 24.7 Å².